The number of rotatable bonds is 15. The number of hydrogen-bond donors (Lipinski definition) is 9. The van der Waals surface area contributed by atoms with Gasteiger partial charge in [-0.05, 0) is 31.9 Å². The number of aliphatic carboxylic acids is 1. The van der Waals surface area contributed by atoms with Crippen LogP contribution in [0.4, 0.5) is 0 Å². The maximum Gasteiger partial charge on any atom is 0.328 e. The molecule has 1 aliphatic heterocycles. The summed E-state index contributed by atoms with van der Waals surface area (Å²) in [6.45, 7) is 1.03. The van der Waals surface area contributed by atoms with Crippen molar-refractivity contribution in [3.05, 3.63) is 54.1 Å². The van der Waals surface area contributed by atoms with E-state index in [9.17, 15) is 39.3 Å². The highest BCUT2D eigenvalue weighted by atomic mass is 16.4. The Morgan fingerprint density at radius 1 is 0.952 bits per heavy atom. The molecular formula is C27H37N7O8. The van der Waals surface area contributed by atoms with E-state index < -0.39 is 66.6 Å². The molecule has 1 aliphatic rings. The Bertz CT molecular complexity index is 1200. The summed E-state index contributed by atoms with van der Waals surface area (Å²) in [5.74, 6) is -4.44. The van der Waals surface area contributed by atoms with E-state index in [1.54, 1.807) is 30.3 Å². The first-order valence-electron chi connectivity index (χ1n) is 13.6. The molecule has 9 N–H and O–H groups in total. The minimum absolute atomic E-state index is 0.116. The molecule has 2 heterocycles. The van der Waals surface area contributed by atoms with Crippen LogP contribution < -0.4 is 26.6 Å². The largest absolute Gasteiger partial charge is 0.480 e. The fraction of sp³-hybridized carbons (Fsp3) is 0.481. The van der Waals surface area contributed by atoms with Crippen LogP contribution in [0.3, 0.4) is 0 Å². The van der Waals surface area contributed by atoms with Crippen LogP contribution in [0.5, 0.6) is 0 Å². The number of imidazole rings is 1. The quantitative estimate of drug-likeness (QED) is 0.105. The van der Waals surface area contributed by atoms with Crippen LogP contribution in [0.1, 0.15) is 31.0 Å². The number of aromatic nitrogens is 2. The molecule has 6 atom stereocenters. The third kappa shape index (κ3) is 9.36. The average Bonchev–Trinajstić information content (AvgIpc) is 3.69. The first-order chi connectivity index (χ1) is 20.1. The monoisotopic (exact) mass is 587 g/mol. The maximum atomic E-state index is 13.3. The second-order valence-electron chi connectivity index (χ2n) is 10.0. The predicted molar refractivity (Wildman–Crippen MR) is 148 cm³/mol. The molecule has 0 spiro atoms. The van der Waals surface area contributed by atoms with Crippen molar-refractivity contribution >= 4 is 29.6 Å². The lowest BCUT2D eigenvalue weighted by Gasteiger charge is -2.26. The maximum absolute atomic E-state index is 13.3. The number of amides is 4. The summed E-state index contributed by atoms with van der Waals surface area (Å²) in [4.78, 5) is 70.5. The highest BCUT2D eigenvalue weighted by Crippen LogP contribution is 2.09. The highest BCUT2D eigenvalue weighted by molar-refractivity contribution is 5.95. The number of carboxylic acids is 1. The molecule has 15 nitrogen and oxygen atoms in total. The number of hydrogen-bond acceptors (Lipinski definition) is 9. The van der Waals surface area contributed by atoms with Gasteiger partial charge in [-0.3, -0.25) is 19.2 Å². The fourth-order valence-electron chi connectivity index (χ4n) is 4.44. The van der Waals surface area contributed by atoms with Crippen LogP contribution in [0.25, 0.3) is 0 Å². The summed E-state index contributed by atoms with van der Waals surface area (Å²) >= 11 is 0. The molecule has 1 aromatic carbocycles. The van der Waals surface area contributed by atoms with E-state index in [0.717, 1.165) is 12.0 Å². The smallest absolute Gasteiger partial charge is 0.328 e. The van der Waals surface area contributed by atoms with Crippen molar-refractivity contribution in [1.82, 2.24) is 36.6 Å². The molecule has 1 aromatic heterocycles. The Hall–Kier alpha value is -4.34. The van der Waals surface area contributed by atoms with Gasteiger partial charge in [-0.2, -0.15) is 0 Å². The van der Waals surface area contributed by atoms with Crippen molar-refractivity contribution in [2.45, 2.75) is 68.9 Å². The molecule has 228 valence electrons. The molecule has 0 bridgehead atoms. The van der Waals surface area contributed by atoms with Crippen LogP contribution in [0.2, 0.25) is 0 Å². The van der Waals surface area contributed by atoms with Gasteiger partial charge in [-0.1, -0.05) is 30.3 Å². The van der Waals surface area contributed by atoms with Gasteiger partial charge in [0.05, 0.1) is 30.8 Å². The molecule has 0 aliphatic carbocycles. The lowest BCUT2D eigenvalue weighted by atomic mass is 10.0. The van der Waals surface area contributed by atoms with Gasteiger partial charge in [-0.15, -0.1) is 0 Å². The zero-order valence-corrected chi connectivity index (χ0v) is 23.1. The van der Waals surface area contributed by atoms with Crippen LogP contribution in [-0.2, 0) is 36.8 Å². The molecule has 42 heavy (non-hydrogen) atoms. The summed E-state index contributed by atoms with van der Waals surface area (Å²) in [7, 11) is 0. The number of nitrogens with zero attached hydrogens (tertiary/aromatic N) is 1. The van der Waals surface area contributed by atoms with Gasteiger partial charge in [-0.25, -0.2) is 9.78 Å². The number of carboxylic acid groups (broad SMARTS) is 1. The Balaban J connectivity index is 1.73. The number of aromatic amines is 1. The topological polar surface area (TPSA) is 235 Å². The normalized spacial score (nSPS) is 18.1. The molecule has 1 saturated heterocycles. The van der Waals surface area contributed by atoms with Gasteiger partial charge >= 0.3 is 5.97 Å². The van der Waals surface area contributed by atoms with E-state index in [1.165, 1.54) is 19.4 Å². The fourth-order valence-corrected chi connectivity index (χ4v) is 4.44. The standard InChI is InChI=1S/C27H37N7O8/c1-15(36)22(27(41)42)34-25(39)20(11-17-12-28-14-30-17)32-26(40)21(13-35)33-24(38)19(10-16-6-3-2-4-7-16)31-23(37)18-8-5-9-29-18/h2-4,6-7,12,14-15,18-22,29,35-36H,5,8-11,13H2,1H3,(H,28,30)(H,31,37)(H,32,40)(H,33,38)(H,34,39)(H,41,42)/t15-,18+,19+,20+,21+,22+/m1/s1. The van der Waals surface area contributed by atoms with Crippen molar-refractivity contribution in [1.29, 1.82) is 0 Å². The Morgan fingerprint density at radius 3 is 2.17 bits per heavy atom. The Morgan fingerprint density at radius 2 is 1.60 bits per heavy atom. The third-order valence-corrected chi connectivity index (χ3v) is 6.76. The van der Waals surface area contributed by atoms with Crippen molar-refractivity contribution in [2.75, 3.05) is 13.2 Å². The minimum Gasteiger partial charge on any atom is -0.480 e. The first kappa shape index (κ1) is 32.2. The predicted octanol–water partition coefficient (Wildman–Crippen LogP) is -2.66. The van der Waals surface area contributed by atoms with E-state index in [4.69, 9.17) is 0 Å². The van der Waals surface area contributed by atoms with Crippen molar-refractivity contribution in [3.8, 4) is 0 Å². The number of H-pyrrole nitrogens is 1. The van der Waals surface area contributed by atoms with Crippen LogP contribution >= 0.6 is 0 Å². The summed E-state index contributed by atoms with van der Waals surface area (Å²) < 4.78 is 0. The number of carbonyl (C=O) groups excluding carboxylic acids is 4. The first-order valence-corrected chi connectivity index (χ1v) is 13.6. The van der Waals surface area contributed by atoms with Crippen LogP contribution in [0.15, 0.2) is 42.9 Å². The molecule has 0 saturated carbocycles. The van der Waals surface area contributed by atoms with Crippen molar-refractivity contribution in [3.63, 3.8) is 0 Å². The Kier molecular flexibility index (Phi) is 12.0. The molecule has 2 aromatic rings. The van der Waals surface area contributed by atoms with Gasteiger partial charge in [0.25, 0.3) is 0 Å². The van der Waals surface area contributed by atoms with Crippen molar-refractivity contribution in [2.24, 2.45) is 0 Å². The van der Waals surface area contributed by atoms with E-state index >= 15 is 0 Å². The molecule has 15 heteroatoms. The second kappa shape index (κ2) is 15.6. The van der Waals surface area contributed by atoms with E-state index in [1.807, 2.05) is 0 Å². The van der Waals surface area contributed by atoms with Gasteiger partial charge in [0.1, 0.15) is 18.1 Å². The Labute approximate surface area is 241 Å². The van der Waals surface area contributed by atoms with E-state index in [0.29, 0.717) is 18.7 Å². The summed E-state index contributed by atoms with van der Waals surface area (Å²) in [5, 5.41) is 41.9. The van der Waals surface area contributed by atoms with Gasteiger partial charge < -0.3 is 46.9 Å². The number of aliphatic hydroxyl groups is 2. The summed E-state index contributed by atoms with van der Waals surface area (Å²) in [6.07, 6.45) is 2.76. The van der Waals surface area contributed by atoms with Crippen LogP contribution in [0, 0.1) is 0 Å². The average molecular weight is 588 g/mol. The summed E-state index contributed by atoms with van der Waals surface area (Å²) in [5.41, 5.74) is 1.11. The molecular weight excluding hydrogens is 550 g/mol. The number of benzene rings is 1. The molecule has 1 fully saturated rings. The minimum atomic E-state index is -1.65. The van der Waals surface area contributed by atoms with E-state index in [2.05, 4.69) is 36.6 Å². The molecule has 3 rings (SSSR count). The summed E-state index contributed by atoms with van der Waals surface area (Å²) in [6, 6.07) is 2.87. The number of carbonyl (C=O) groups is 5. The van der Waals surface area contributed by atoms with Crippen molar-refractivity contribution < 1.29 is 39.3 Å². The number of aliphatic hydroxyl groups excluding tert-OH is 2. The zero-order valence-electron chi connectivity index (χ0n) is 23.1. The third-order valence-electron chi connectivity index (χ3n) is 6.76. The lowest BCUT2D eigenvalue weighted by Crippen LogP contribution is -2.60. The second-order valence-corrected chi connectivity index (χ2v) is 10.0. The lowest BCUT2D eigenvalue weighted by molar-refractivity contribution is -0.145. The molecule has 0 radical (unpaired) electrons. The highest BCUT2D eigenvalue weighted by Gasteiger charge is 2.33. The van der Waals surface area contributed by atoms with E-state index in [-0.39, 0.29) is 18.7 Å². The number of nitrogens with one attached hydrogen (secondary N) is 6. The zero-order chi connectivity index (χ0) is 30.6. The molecule has 0 unspecified atom stereocenters. The SMILES string of the molecule is C[C@@H](O)[C@H](NC(=O)[C@H](Cc1c[nH]cn1)NC(=O)[C@H](CO)NC(=O)[C@H](Cc1ccccc1)NC(=O)[C@@H]1CCCN1)C(=O)O. The molecule has 4 amide bonds. The van der Waals surface area contributed by atoms with Gasteiger partial charge in [0.2, 0.25) is 23.6 Å². The van der Waals surface area contributed by atoms with Gasteiger partial charge in [0, 0.05) is 19.0 Å². The van der Waals surface area contributed by atoms with Gasteiger partial charge in [0.15, 0.2) is 6.04 Å². The van der Waals surface area contributed by atoms with Crippen LogP contribution in [-0.4, -0.2) is 104 Å².